The van der Waals surface area contributed by atoms with Gasteiger partial charge in [-0.15, -0.1) is 0 Å². The van der Waals surface area contributed by atoms with Crippen LogP contribution in [-0.4, -0.2) is 16.1 Å². The van der Waals surface area contributed by atoms with E-state index in [0.717, 1.165) is 0 Å². The first-order valence-electron chi connectivity index (χ1n) is 14.9. The van der Waals surface area contributed by atoms with E-state index >= 15 is 0 Å². The van der Waals surface area contributed by atoms with Crippen LogP contribution in [0, 0.1) is 55.4 Å². The van der Waals surface area contributed by atoms with E-state index in [4.69, 9.17) is 0 Å². The molecule has 0 unspecified atom stereocenters. The van der Waals surface area contributed by atoms with Crippen LogP contribution in [0.5, 0.6) is 0 Å². The number of rotatable bonds is 5. The van der Waals surface area contributed by atoms with Crippen LogP contribution in [0.1, 0.15) is 44.5 Å². The molecule has 0 atom stereocenters. The second-order valence-corrected chi connectivity index (χ2v) is 24.5. The quantitative estimate of drug-likeness (QED) is 0.212. The van der Waals surface area contributed by atoms with Gasteiger partial charge in [0.05, 0.1) is 16.1 Å². The van der Waals surface area contributed by atoms with Crippen molar-refractivity contribution in [3.63, 3.8) is 0 Å². The molecule has 0 saturated carbocycles. The van der Waals surface area contributed by atoms with Crippen LogP contribution < -0.4 is 10.4 Å². The Morgan fingerprint density at radius 3 is 0.650 bits per heavy atom. The van der Waals surface area contributed by atoms with Gasteiger partial charge in [-0.3, -0.25) is 0 Å². The van der Waals surface area contributed by atoms with Crippen molar-refractivity contribution >= 4 is 26.5 Å². The Kier molecular flexibility index (Phi) is 8.04. The van der Waals surface area contributed by atoms with E-state index in [0.29, 0.717) is 0 Å². The molecule has 0 aromatic heterocycles. The number of aryl methyl sites for hydroxylation is 8. The van der Waals surface area contributed by atoms with Crippen LogP contribution in [0.25, 0.3) is 33.4 Å². The summed E-state index contributed by atoms with van der Waals surface area (Å²) in [7, 11) is -2.74. The number of benzene rings is 4. The molecule has 0 fully saturated rings. The maximum atomic E-state index is 2.46. The summed E-state index contributed by atoms with van der Waals surface area (Å²) in [5.41, 5.74) is 19.2. The van der Waals surface area contributed by atoms with Crippen molar-refractivity contribution < 1.29 is 0 Å². The average Bonchev–Trinajstić information content (AvgIpc) is 2.83. The molecule has 4 rings (SSSR count). The van der Waals surface area contributed by atoms with Crippen molar-refractivity contribution in [1.29, 1.82) is 0 Å². The summed E-state index contributed by atoms with van der Waals surface area (Å²) in [6.45, 7) is 32.9. The number of hydrogen-bond acceptors (Lipinski definition) is 0. The van der Waals surface area contributed by atoms with Crippen LogP contribution in [0.4, 0.5) is 0 Å². The first-order chi connectivity index (χ1) is 18.4. The molecular formula is C38H50Si2. The molecule has 2 heteroatoms. The zero-order valence-electron chi connectivity index (χ0n) is 27.6. The van der Waals surface area contributed by atoms with E-state index in [-0.39, 0.29) is 0 Å². The highest BCUT2D eigenvalue weighted by Crippen LogP contribution is 2.38. The molecule has 0 aliphatic rings. The predicted octanol–water partition coefficient (Wildman–Crippen LogP) is 10.2. The molecule has 0 heterocycles. The van der Waals surface area contributed by atoms with Gasteiger partial charge in [0, 0.05) is 0 Å². The zero-order chi connectivity index (χ0) is 29.9. The Bertz CT molecular complexity index is 1500. The van der Waals surface area contributed by atoms with Crippen molar-refractivity contribution in [3.05, 3.63) is 93.0 Å². The van der Waals surface area contributed by atoms with E-state index in [9.17, 15) is 0 Å². The van der Waals surface area contributed by atoms with Gasteiger partial charge in [-0.25, -0.2) is 0 Å². The summed E-state index contributed by atoms with van der Waals surface area (Å²) in [6.07, 6.45) is 0. The topological polar surface area (TPSA) is 0 Å². The smallest absolute Gasteiger partial charge is 0.0656 e. The Morgan fingerprint density at radius 2 is 0.450 bits per heavy atom. The molecule has 4 aromatic carbocycles. The van der Waals surface area contributed by atoms with Crippen molar-refractivity contribution in [3.8, 4) is 33.4 Å². The standard InChI is InChI=1S/C38H50Si2/c1-23-17-33(35-19-29(7)37(21-27(35)5)39(9,10)11)25(3)15-31(23)32-16-26(4)34(18-24(32)2)36-20-30(8)38(22-28(36)6)40(12,13)14/h15-22H,1-14H3. The number of hydrogen-bond donors (Lipinski definition) is 0. The van der Waals surface area contributed by atoms with E-state index < -0.39 is 16.1 Å². The highest BCUT2D eigenvalue weighted by atomic mass is 28.3. The molecule has 0 radical (unpaired) electrons. The van der Waals surface area contributed by atoms with Crippen LogP contribution in [0.3, 0.4) is 0 Å². The maximum Gasteiger partial charge on any atom is 0.0779 e. The summed E-state index contributed by atoms with van der Waals surface area (Å²) < 4.78 is 0. The zero-order valence-corrected chi connectivity index (χ0v) is 29.6. The lowest BCUT2D eigenvalue weighted by atomic mass is 9.86. The van der Waals surface area contributed by atoms with Gasteiger partial charge in [-0.05, 0) is 122 Å². The third kappa shape index (κ3) is 5.71. The summed E-state index contributed by atoms with van der Waals surface area (Å²) in [5, 5.41) is 3.15. The Hall–Kier alpha value is -2.69. The fraction of sp³-hybridized carbons (Fsp3) is 0.368. The van der Waals surface area contributed by atoms with Crippen molar-refractivity contribution in [1.82, 2.24) is 0 Å². The molecule has 40 heavy (non-hydrogen) atoms. The van der Waals surface area contributed by atoms with Crippen molar-refractivity contribution in [2.45, 2.75) is 94.7 Å². The molecule has 0 aliphatic heterocycles. The van der Waals surface area contributed by atoms with Gasteiger partial charge in [0.1, 0.15) is 0 Å². The minimum absolute atomic E-state index is 1.34. The summed E-state index contributed by atoms with van der Waals surface area (Å²) in [6, 6.07) is 19.5. The lowest BCUT2D eigenvalue weighted by Gasteiger charge is -2.24. The molecule has 0 aliphatic carbocycles. The Labute approximate surface area is 246 Å². The van der Waals surface area contributed by atoms with E-state index in [1.54, 1.807) is 10.4 Å². The molecule has 0 amide bonds. The lowest BCUT2D eigenvalue weighted by molar-refractivity contribution is 1.32. The van der Waals surface area contributed by atoms with Crippen LogP contribution in [0.2, 0.25) is 39.3 Å². The molecule has 0 bridgehead atoms. The molecule has 4 aromatic rings. The molecule has 0 nitrogen and oxygen atoms in total. The second kappa shape index (κ2) is 10.6. The average molecular weight is 563 g/mol. The molecule has 0 saturated heterocycles. The lowest BCUT2D eigenvalue weighted by Crippen LogP contribution is -2.39. The Morgan fingerprint density at radius 1 is 0.275 bits per heavy atom. The van der Waals surface area contributed by atoms with E-state index in [2.05, 4.69) is 143 Å². The normalized spacial score (nSPS) is 12.2. The van der Waals surface area contributed by atoms with Crippen LogP contribution >= 0.6 is 0 Å². The van der Waals surface area contributed by atoms with Crippen LogP contribution in [0.15, 0.2) is 48.5 Å². The van der Waals surface area contributed by atoms with Crippen molar-refractivity contribution in [2.24, 2.45) is 0 Å². The minimum atomic E-state index is -1.37. The summed E-state index contributed by atoms with van der Waals surface area (Å²) >= 11 is 0. The monoisotopic (exact) mass is 562 g/mol. The fourth-order valence-electron chi connectivity index (χ4n) is 6.62. The van der Waals surface area contributed by atoms with Crippen molar-refractivity contribution in [2.75, 3.05) is 0 Å². The van der Waals surface area contributed by atoms with Gasteiger partial charge < -0.3 is 0 Å². The van der Waals surface area contributed by atoms with Gasteiger partial charge >= 0.3 is 0 Å². The molecular weight excluding hydrogens is 513 g/mol. The fourth-order valence-corrected chi connectivity index (χ4v) is 10.4. The molecule has 0 spiro atoms. The van der Waals surface area contributed by atoms with Gasteiger partial charge in [0.25, 0.3) is 0 Å². The Balaban J connectivity index is 1.80. The van der Waals surface area contributed by atoms with Gasteiger partial charge in [0.15, 0.2) is 0 Å². The summed E-state index contributed by atoms with van der Waals surface area (Å²) in [4.78, 5) is 0. The first-order valence-corrected chi connectivity index (χ1v) is 21.9. The highest BCUT2D eigenvalue weighted by molar-refractivity contribution is 6.89. The molecule has 210 valence electrons. The SMILES string of the molecule is Cc1cc(-c2cc(C)c([Si](C)(C)C)cc2C)c(C)cc1-c1cc(C)c(-c2cc(C)c([Si](C)(C)C)cc2C)cc1C. The highest BCUT2D eigenvalue weighted by Gasteiger charge is 2.22. The predicted molar refractivity (Wildman–Crippen MR) is 187 cm³/mol. The van der Waals surface area contributed by atoms with Gasteiger partial charge in [0.2, 0.25) is 0 Å². The first kappa shape index (κ1) is 30.3. The maximum absolute atomic E-state index is 2.46. The van der Waals surface area contributed by atoms with E-state index in [1.165, 1.54) is 77.9 Å². The summed E-state index contributed by atoms with van der Waals surface area (Å²) in [5.74, 6) is 0. The second-order valence-electron chi connectivity index (χ2n) is 14.4. The third-order valence-corrected chi connectivity index (χ3v) is 13.1. The van der Waals surface area contributed by atoms with Gasteiger partial charge in [-0.1, -0.05) is 109 Å². The van der Waals surface area contributed by atoms with Gasteiger partial charge in [-0.2, -0.15) is 0 Å². The molecule has 0 N–H and O–H groups in total. The van der Waals surface area contributed by atoms with Crippen LogP contribution in [-0.2, 0) is 0 Å². The largest absolute Gasteiger partial charge is 0.0779 e. The third-order valence-electron chi connectivity index (χ3n) is 8.77. The minimum Gasteiger partial charge on any atom is -0.0656 e. The van der Waals surface area contributed by atoms with E-state index in [1.807, 2.05) is 0 Å².